The quantitative estimate of drug-likeness (QED) is 0.886. The van der Waals surface area contributed by atoms with Crippen LogP contribution in [-0.4, -0.2) is 16.0 Å². The van der Waals surface area contributed by atoms with Gasteiger partial charge in [-0.1, -0.05) is 6.07 Å². The third kappa shape index (κ3) is 2.91. The zero-order valence-corrected chi connectivity index (χ0v) is 11.0. The first-order chi connectivity index (χ1) is 9.09. The fourth-order valence-electron chi connectivity index (χ4n) is 1.76. The maximum atomic E-state index is 12.0. The van der Waals surface area contributed by atoms with Crippen molar-refractivity contribution in [1.82, 2.24) is 10.3 Å². The molecule has 0 unspecified atom stereocenters. The molecule has 0 spiro atoms. The van der Waals surface area contributed by atoms with Gasteiger partial charge in [0, 0.05) is 18.9 Å². The molecule has 19 heavy (non-hydrogen) atoms. The number of benzene rings is 1. The summed E-state index contributed by atoms with van der Waals surface area (Å²) in [5, 5.41) is 12.8. The minimum absolute atomic E-state index is 0.0484. The minimum Gasteiger partial charge on any atom is -0.507 e. The number of amides is 1. The summed E-state index contributed by atoms with van der Waals surface area (Å²) in [7, 11) is 0. The van der Waals surface area contributed by atoms with Crippen LogP contribution in [0, 0.1) is 13.8 Å². The number of phenolic OH excluding ortho intramolecular Hbond substituents is 1. The maximum Gasteiger partial charge on any atom is 0.255 e. The van der Waals surface area contributed by atoms with Gasteiger partial charge in [0.1, 0.15) is 5.75 Å². The fourth-order valence-corrected chi connectivity index (χ4v) is 1.76. The molecule has 0 fully saturated rings. The lowest BCUT2D eigenvalue weighted by Crippen LogP contribution is -2.23. The van der Waals surface area contributed by atoms with Crippen molar-refractivity contribution in [2.24, 2.45) is 0 Å². The first kappa shape index (κ1) is 13.1. The van der Waals surface area contributed by atoms with E-state index in [1.807, 2.05) is 25.1 Å². The highest BCUT2D eigenvalue weighted by Gasteiger charge is 2.13. The molecule has 0 bridgehead atoms. The van der Waals surface area contributed by atoms with E-state index >= 15 is 0 Å². The molecule has 1 heterocycles. The lowest BCUT2D eigenvalue weighted by Gasteiger charge is -2.10. The number of pyridine rings is 1. The molecule has 98 valence electrons. The van der Waals surface area contributed by atoms with Crippen LogP contribution in [0.15, 0.2) is 36.7 Å². The zero-order valence-electron chi connectivity index (χ0n) is 11.0. The molecule has 4 heteroatoms. The van der Waals surface area contributed by atoms with Crippen LogP contribution in [0.4, 0.5) is 0 Å². The largest absolute Gasteiger partial charge is 0.507 e. The molecule has 0 radical (unpaired) electrons. The van der Waals surface area contributed by atoms with Crippen molar-refractivity contribution < 1.29 is 9.90 Å². The number of nitrogens with one attached hydrogen (secondary N) is 1. The van der Waals surface area contributed by atoms with Gasteiger partial charge in [0.25, 0.3) is 5.91 Å². The Morgan fingerprint density at radius 1 is 1.21 bits per heavy atom. The fraction of sp³-hybridized carbons (Fsp3) is 0.200. The Bertz CT molecular complexity index is 595. The number of aryl methyl sites for hydroxylation is 1. The Labute approximate surface area is 112 Å². The van der Waals surface area contributed by atoms with Gasteiger partial charge in [-0.25, -0.2) is 0 Å². The third-order valence-electron chi connectivity index (χ3n) is 3.15. The van der Waals surface area contributed by atoms with Crippen LogP contribution in [0.5, 0.6) is 5.75 Å². The van der Waals surface area contributed by atoms with Crippen molar-refractivity contribution in [2.75, 3.05) is 0 Å². The van der Waals surface area contributed by atoms with E-state index in [2.05, 4.69) is 10.3 Å². The first-order valence-electron chi connectivity index (χ1n) is 6.06. The van der Waals surface area contributed by atoms with Crippen LogP contribution in [0.3, 0.4) is 0 Å². The second kappa shape index (κ2) is 5.52. The number of carbonyl (C=O) groups excluding carboxylic acids is 1. The number of rotatable bonds is 3. The number of aromatic hydroxyl groups is 1. The summed E-state index contributed by atoms with van der Waals surface area (Å²) in [6, 6.07) is 7.14. The van der Waals surface area contributed by atoms with Crippen molar-refractivity contribution in [2.45, 2.75) is 20.4 Å². The van der Waals surface area contributed by atoms with E-state index in [-0.39, 0.29) is 11.7 Å². The number of aromatic nitrogens is 1. The van der Waals surface area contributed by atoms with Crippen LogP contribution >= 0.6 is 0 Å². The van der Waals surface area contributed by atoms with Gasteiger partial charge in [0.15, 0.2) is 0 Å². The van der Waals surface area contributed by atoms with Crippen molar-refractivity contribution in [3.05, 3.63) is 58.9 Å². The summed E-state index contributed by atoms with van der Waals surface area (Å²) in [5.74, 6) is -0.232. The highest BCUT2D eigenvalue weighted by atomic mass is 16.3. The molecule has 2 aromatic rings. The van der Waals surface area contributed by atoms with E-state index in [9.17, 15) is 9.90 Å². The molecule has 1 aromatic heterocycles. The maximum absolute atomic E-state index is 12.0. The molecule has 4 nitrogen and oxygen atoms in total. The molecule has 0 aliphatic carbocycles. The van der Waals surface area contributed by atoms with E-state index < -0.39 is 0 Å². The summed E-state index contributed by atoms with van der Waals surface area (Å²) >= 11 is 0. The SMILES string of the molecule is Cc1ccc(C(=O)NCc2ccncc2)c(O)c1C. The lowest BCUT2D eigenvalue weighted by molar-refractivity contribution is 0.0948. The van der Waals surface area contributed by atoms with E-state index in [4.69, 9.17) is 0 Å². The molecule has 0 atom stereocenters. The monoisotopic (exact) mass is 256 g/mol. The molecule has 2 N–H and O–H groups in total. The average Bonchev–Trinajstić information content (AvgIpc) is 2.43. The van der Waals surface area contributed by atoms with E-state index in [1.165, 1.54) is 0 Å². The Hall–Kier alpha value is -2.36. The van der Waals surface area contributed by atoms with Crippen molar-refractivity contribution in [3.63, 3.8) is 0 Å². The summed E-state index contributed by atoms with van der Waals surface area (Å²) in [6.07, 6.45) is 3.35. The van der Waals surface area contributed by atoms with Gasteiger partial charge in [0.05, 0.1) is 5.56 Å². The topological polar surface area (TPSA) is 62.2 Å². The molecule has 0 aliphatic rings. The van der Waals surface area contributed by atoms with Gasteiger partial charge in [-0.3, -0.25) is 9.78 Å². The average molecular weight is 256 g/mol. The highest BCUT2D eigenvalue weighted by molar-refractivity contribution is 5.97. The lowest BCUT2D eigenvalue weighted by atomic mass is 10.0. The van der Waals surface area contributed by atoms with Crippen molar-refractivity contribution >= 4 is 5.91 Å². The van der Waals surface area contributed by atoms with Gasteiger partial charge >= 0.3 is 0 Å². The molecular formula is C15H16N2O2. The normalized spacial score (nSPS) is 10.2. The molecule has 0 aliphatic heterocycles. The molecule has 0 saturated carbocycles. The van der Waals surface area contributed by atoms with Crippen LogP contribution in [0.1, 0.15) is 27.0 Å². The van der Waals surface area contributed by atoms with E-state index in [0.717, 1.165) is 16.7 Å². The smallest absolute Gasteiger partial charge is 0.255 e. The second-order valence-corrected chi connectivity index (χ2v) is 4.44. The van der Waals surface area contributed by atoms with Crippen LogP contribution in [0.25, 0.3) is 0 Å². The molecule has 0 saturated heterocycles. The van der Waals surface area contributed by atoms with Crippen molar-refractivity contribution in [3.8, 4) is 5.75 Å². The molecule has 1 amide bonds. The molecule has 2 rings (SSSR count). The van der Waals surface area contributed by atoms with Crippen LogP contribution < -0.4 is 5.32 Å². The zero-order chi connectivity index (χ0) is 13.8. The summed E-state index contributed by atoms with van der Waals surface area (Å²) in [5.41, 5.74) is 2.96. The van der Waals surface area contributed by atoms with Crippen LogP contribution in [0.2, 0.25) is 0 Å². The van der Waals surface area contributed by atoms with E-state index in [1.54, 1.807) is 25.4 Å². The number of hydrogen-bond acceptors (Lipinski definition) is 3. The van der Waals surface area contributed by atoms with Gasteiger partial charge in [-0.05, 0) is 48.7 Å². The molecule has 1 aromatic carbocycles. The first-order valence-corrected chi connectivity index (χ1v) is 6.06. The minimum atomic E-state index is -0.280. The summed E-state index contributed by atoms with van der Waals surface area (Å²) in [6.45, 7) is 4.10. The molecular weight excluding hydrogens is 240 g/mol. The number of hydrogen-bond donors (Lipinski definition) is 2. The standard InChI is InChI=1S/C15H16N2O2/c1-10-3-4-13(14(18)11(10)2)15(19)17-9-12-5-7-16-8-6-12/h3-8,18H,9H2,1-2H3,(H,17,19). The Morgan fingerprint density at radius 2 is 1.89 bits per heavy atom. The highest BCUT2D eigenvalue weighted by Crippen LogP contribution is 2.24. The predicted molar refractivity (Wildman–Crippen MR) is 73.0 cm³/mol. The van der Waals surface area contributed by atoms with E-state index in [0.29, 0.717) is 12.1 Å². The summed E-state index contributed by atoms with van der Waals surface area (Å²) in [4.78, 5) is 15.9. The Morgan fingerprint density at radius 3 is 2.58 bits per heavy atom. The van der Waals surface area contributed by atoms with Crippen LogP contribution in [-0.2, 0) is 6.54 Å². The Kier molecular flexibility index (Phi) is 3.80. The van der Waals surface area contributed by atoms with Gasteiger partial charge in [-0.2, -0.15) is 0 Å². The number of carbonyl (C=O) groups is 1. The van der Waals surface area contributed by atoms with Gasteiger partial charge in [-0.15, -0.1) is 0 Å². The summed E-state index contributed by atoms with van der Waals surface area (Å²) < 4.78 is 0. The number of phenols is 1. The van der Waals surface area contributed by atoms with Crippen molar-refractivity contribution in [1.29, 1.82) is 0 Å². The predicted octanol–water partition coefficient (Wildman–Crippen LogP) is 2.33. The van der Waals surface area contributed by atoms with Gasteiger partial charge < -0.3 is 10.4 Å². The second-order valence-electron chi connectivity index (χ2n) is 4.44. The Balaban J connectivity index is 2.11. The third-order valence-corrected chi connectivity index (χ3v) is 3.15. The van der Waals surface area contributed by atoms with Gasteiger partial charge in [0.2, 0.25) is 0 Å². The number of nitrogens with zero attached hydrogens (tertiary/aromatic N) is 1.